The van der Waals surface area contributed by atoms with Crippen LogP contribution in [0.1, 0.15) is 42.8 Å². The van der Waals surface area contributed by atoms with Crippen LogP contribution in [0.5, 0.6) is 0 Å². The van der Waals surface area contributed by atoms with Crippen molar-refractivity contribution in [1.82, 2.24) is 20.5 Å². The van der Waals surface area contributed by atoms with Crippen LogP contribution in [0, 0.1) is 0 Å². The van der Waals surface area contributed by atoms with Gasteiger partial charge in [0.1, 0.15) is 0 Å². The quantitative estimate of drug-likeness (QED) is 0.700. The number of benzene rings is 1. The Morgan fingerprint density at radius 1 is 1.24 bits per heavy atom. The third-order valence-electron chi connectivity index (χ3n) is 3.58. The van der Waals surface area contributed by atoms with E-state index in [0.717, 1.165) is 16.3 Å². The normalized spacial score (nSPS) is 11.0. The summed E-state index contributed by atoms with van der Waals surface area (Å²) in [6, 6.07) is 9.57. The molecule has 1 amide bonds. The first-order chi connectivity index (χ1) is 12.1. The highest BCUT2D eigenvalue weighted by Crippen LogP contribution is 2.19. The minimum atomic E-state index is -0.0569. The minimum Gasteiger partial charge on any atom is -0.421 e. The standard InChI is InChI=1S/C18H20N4O2S/c1-12(2)18-20-14(11-25-18)10-19-15(23)8-9-16-21-22-17(24-16)13-6-4-3-5-7-13/h3-7,11-12H,8-10H2,1-2H3,(H,19,23). The van der Waals surface area contributed by atoms with Crippen LogP contribution >= 0.6 is 11.3 Å². The van der Waals surface area contributed by atoms with Gasteiger partial charge in [-0.25, -0.2) is 4.98 Å². The van der Waals surface area contributed by atoms with Crippen LogP contribution in [0.4, 0.5) is 0 Å². The molecule has 7 heteroatoms. The van der Waals surface area contributed by atoms with Crippen molar-refractivity contribution < 1.29 is 9.21 Å². The topological polar surface area (TPSA) is 80.9 Å². The third kappa shape index (κ3) is 4.73. The van der Waals surface area contributed by atoms with Crippen LogP contribution in [0.3, 0.4) is 0 Å². The second-order valence-corrected chi connectivity index (χ2v) is 6.87. The van der Waals surface area contributed by atoms with Crippen LogP contribution in [0.2, 0.25) is 0 Å². The maximum absolute atomic E-state index is 12.0. The third-order valence-corrected chi connectivity index (χ3v) is 4.78. The zero-order chi connectivity index (χ0) is 17.6. The van der Waals surface area contributed by atoms with Crippen LogP contribution in [0.25, 0.3) is 11.5 Å². The molecule has 6 nitrogen and oxygen atoms in total. The highest BCUT2D eigenvalue weighted by Gasteiger charge is 2.11. The number of hydrogen-bond acceptors (Lipinski definition) is 6. The Morgan fingerprint density at radius 2 is 2.04 bits per heavy atom. The number of nitrogens with zero attached hydrogens (tertiary/aromatic N) is 3. The lowest BCUT2D eigenvalue weighted by Crippen LogP contribution is -2.23. The van der Waals surface area contributed by atoms with Gasteiger partial charge in [-0.3, -0.25) is 4.79 Å². The molecule has 0 bridgehead atoms. The summed E-state index contributed by atoms with van der Waals surface area (Å²) in [4.78, 5) is 16.5. The summed E-state index contributed by atoms with van der Waals surface area (Å²) in [6.07, 6.45) is 0.720. The van der Waals surface area contributed by atoms with E-state index in [1.807, 2.05) is 35.7 Å². The molecule has 3 aromatic rings. The van der Waals surface area contributed by atoms with E-state index < -0.39 is 0 Å². The van der Waals surface area contributed by atoms with Crippen molar-refractivity contribution in [3.8, 4) is 11.5 Å². The van der Waals surface area contributed by atoms with E-state index in [1.54, 1.807) is 11.3 Å². The van der Waals surface area contributed by atoms with Gasteiger partial charge >= 0.3 is 0 Å². The monoisotopic (exact) mass is 356 g/mol. The summed E-state index contributed by atoms with van der Waals surface area (Å²) in [6.45, 7) is 4.66. The molecule has 1 N–H and O–H groups in total. The molecule has 2 aromatic heterocycles. The fourth-order valence-corrected chi connectivity index (χ4v) is 3.05. The molecule has 2 heterocycles. The molecule has 1 aromatic carbocycles. The van der Waals surface area contributed by atoms with E-state index in [1.165, 1.54) is 0 Å². The summed E-state index contributed by atoms with van der Waals surface area (Å²) < 4.78 is 5.60. The largest absolute Gasteiger partial charge is 0.421 e. The van der Waals surface area contributed by atoms with E-state index >= 15 is 0 Å². The average Bonchev–Trinajstić information content (AvgIpc) is 3.28. The van der Waals surface area contributed by atoms with Gasteiger partial charge in [-0.15, -0.1) is 21.5 Å². The molecule has 0 saturated carbocycles. The molecule has 3 rings (SSSR count). The van der Waals surface area contributed by atoms with Gasteiger partial charge in [0.05, 0.1) is 17.2 Å². The van der Waals surface area contributed by atoms with Gasteiger partial charge in [-0.05, 0) is 12.1 Å². The maximum Gasteiger partial charge on any atom is 0.247 e. The minimum absolute atomic E-state index is 0.0569. The van der Waals surface area contributed by atoms with E-state index in [-0.39, 0.29) is 5.91 Å². The second-order valence-electron chi connectivity index (χ2n) is 5.98. The molecule has 0 radical (unpaired) electrons. The summed E-state index contributed by atoms with van der Waals surface area (Å²) in [5.41, 5.74) is 1.77. The van der Waals surface area contributed by atoms with E-state index in [2.05, 4.69) is 34.3 Å². The van der Waals surface area contributed by atoms with Crippen molar-refractivity contribution in [2.45, 2.75) is 39.2 Å². The van der Waals surface area contributed by atoms with Crippen molar-refractivity contribution in [2.75, 3.05) is 0 Å². The zero-order valence-electron chi connectivity index (χ0n) is 14.2. The predicted octanol–water partition coefficient (Wildman–Crippen LogP) is 3.57. The summed E-state index contributed by atoms with van der Waals surface area (Å²) in [7, 11) is 0. The summed E-state index contributed by atoms with van der Waals surface area (Å²) >= 11 is 1.62. The number of amides is 1. The molecule has 0 unspecified atom stereocenters. The maximum atomic E-state index is 12.0. The number of hydrogen-bond donors (Lipinski definition) is 1. The highest BCUT2D eigenvalue weighted by molar-refractivity contribution is 7.09. The van der Waals surface area contributed by atoms with Crippen molar-refractivity contribution >= 4 is 17.2 Å². The van der Waals surface area contributed by atoms with E-state index in [0.29, 0.717) is 37.1 Å². The number of carbonyl (C=O) groups excluding carboxylic acids is 1. The van der Waals surface area contributed by atoms with Crippen LogP contribution in [0.15, 0.2) is 40.1 Å². The van der Waals surface area contributed by atoms with E-state index in [9.17, 15) is 4.79 Å². The Bertz CT molecular complexity index is 826. The molecule has 130 valence electrons. The smallest absolute Gasteiger partial charge is 0.247 e. The fraction of sp³-hybridized carbons (Fsp3) is 0.333. The number of thiazole rings is 1. The molecule has 0 aliphatic carbocycles. The van der Waals surface area contributed by atoms with Crippen molar-refractivity contribution in [3.05, 3.63) is 52.3 Å². The Labute approximate surface area is 150 Å². The lowest BCUT2D eigenvalue weighted by Gasteiger charge is -2.02. The highest BCUT2D eigenvalue weighted by atomic mass is 32.1. The Balaban J connectivity index is 1.47. The molecular weight excluding hydrogens is 336 g/mol. The van der Waals surface area contributed by atoms with Crippen LogP contribution < -0.4 is 5.32 Å². The number of aryl methyl sites for hydroxylation is 1. The fourth-order valence-electron chi connectivity index (χ4n) is 2.22. The second kappa shape index (κ2) is 8.02. The number of aromatic nitrogens is 3. The van der Waals surface area contributed by atoms with Crippen molar-refractivity contribution in [1.29, 1.82) is 0 Å². The molecule has 25 heavy (non-hydrogen) atoms. The van der Waals surface area contributed by atoms with Crippen molar-refractivity contribution in [2.24, 2.45) is 0 Å². The molecular formula is C18H20N4O2S. The predicted molar refractivity (Wildman–Crippen MR) is 96.1 cm³/mol. The van der Waals surface area contributed by atoms with Gasteiger partial charge in [0.2, 0.25) is 17.7 Å². The van der Waals surface area contributed by atoms with Crippen LogP contribution in [-0.4, -0.2) is 21.1 Å². The first-order valence-electron chi connectivity index (χ1n) is 8.20. The first kappa shape index (κ1) is 17.3. The van der Waals surface area contributed by atoms with Gasteiger partial charge in [0, 0.05) is 29.7 Å². The molecule has 0 aliphatic rings. The number of rotatable bonds is 7. The zero-order valence-corrected chi connectivity index (χ0v) is 15.0. The number of carbonyl (C=O) groups is 1. The van der Waals surface area contributed by atoms with Gasteiger partial charge in [-0.1, -0.05) is 32.0 Å². The molecule has 0 saturated heterocycles. The summed E-state index contributed by atoms with van der Waals surface area (Å²) in [5, 5.41) is 14.0. The Morgan fingerprint density at radius 3 is 2.76 bits per heavy atom. The SMILES string of the molecule is CC(C)c1nc(CNC(=O)CCc2nnc(-c3ccccc3)o2)cs1. The molecule has 0 fully saturated rings. The summed E-state index contributed by atoms with van der Waals surface area (Å²) in [5.74, 6) is 1.29. The average molecular weight is 356 g/mol. The Kier molecular flexibility index (Phi) is 5.55. The molecule has 0 aliphatic heterocycles. The lowest BCUT2D eigenvalue weighted by molar-refractivity contribution is -0.121. The van der Waals surface area contributed by atoms with Gasteiger partial charge < -0.3 is 9.73 Å². The molecule has 0 atom stereocenters. The van der Waals surface area contributed by atoms with Crippen LogP contribution in [-0.2, 0) is 17.8 Å². The van der Waals surface area contributed by atoms with Gasteiger partial charge in [0.25, 0.3) is 0 Å². The molecule has 0 spiro atoms. The first-order valence-corrected chi connectivity index (χ1v) is 9.08. The van der Waals surface area contributed by atoms with Gasteiger partial charge in [0.15, 0.2) is 0 Å². The number of nitrogens with one attached hydrogen (secondary N) is 1. The van der Waals surface area contributed by atoms with Gasteiger partial charge in [-0.2, -0.15) is 0 Å². The Hall–Kier alpha value is -2.54. The lowest BCUT2D eigenvalue weighted by atomic mass is 10.2. The van der Waals surface area contributed by atoms with Crippen molar-refractivity contribution in [3.63, 3.8) is 0 Å². The van der Waals surface area contributed by atoms with E-state index in [4.69, 9.17) is 4.42 Å².